The molecule has 2 aromatic carbocycles. The van der Waals surface area contributed by atoms with Crippen LogP contribution in [0.3, 0.4) is 0 Å². The van der Waals surface area contributed by atoms with Crippen LogP contribution in [0.25, 0.3) is 0 Å². The van der Waals surface area contributed by atoms with Crippen LogP contribution < -0.4 is 10.1 Å². The normalized spacial score (nSPS) is 10.1. The summed E-state index contributed by atoms with van der Waals surface area (Å²) in [6, 6.07) is 15.7. The standard InChI is InChI=1S/C17H19NO2/c1-13-8-10-16(20-2)15(12-13)18-17(19)11-9-14-6-4-3-5-7-14/h3-8,10,12H,9,11H2,1-2H3,(H,18,19). The Morgan fingerprint density at radius 3 is 2.60 bits per heavy atom. The summed E-state index contributed by atoms with van der Waals surface area (Å²) in [4.78, 5) is 12.0. The number of hydrogen-bond acceptors (Lipinski definition) is 2. The van der Waals surface area contributed by atoms with Crippen LogP contribution in [0.2, 0.25) is 0 Å². The molecule has 2 aromatic rings. The van der Waals surface area contributed by atoms with E-state index in [4.69, 9.17) is 4.74 Å². The Morgan fingerprint density at radius 1 is 1.15 bits per heavy atom. The van der Waals surface area contributed by atoms with E-state index in [1.165, 1.54) is 5.56 Å². The minimum atomic E-state index is -0.00208. The van der Waals surface area contributed by atoms with Crippen LogP contribution in [-0.4, -0.2) is 13.0 Å². The van der Waals surface area contributed by atoms with Crippen LogP contribution >= 0.6 is 0 Å². The number of nitrogens with one attached hydrogen (secondary N) is 1. The molecule has 0 saturated heterocycles. The molecule has 0 aromatic heterocycles. The van der Waals surface area contributed by atoms with Crippen molar-refractivity contribution in [3.05, 3.63) is 59.7 Å². The summed E-state index contributed by atoms with van der Waals surface area (Å²) in [5.74, 6) is 0.682. The molecule has 0 radical (unpaired) electrons. The topological polar surface area (TPSA) is 38.3 Å². The van der Waals surface area contributed by atoms with Crippen molar-refractivity contribution in [2.24, 2.45) is 0 Å². The molecule has 0 spiro atoms. The number of carbonyl (C=O) groups is 1. The molecule has 1 N–H and O–H groups in total. The highest BCUT2D eigenvalue weighted by Crippen LogP contribution is 2.25. The number of rotatable bonds is 5. The molecule has 0 aliphatic heterocycles. The van der Waals surface area contributed by atoms with Crippen molar-refractivity contribution >= 4 is 11.6 Å². The van der Waals surface area contributed by atoms with Gasteiger partial charge in [0.25, 0.3) is 0 Å². The molecule has 104 valence electrons. The van der Waals surface area contributed by atoms with Gasteiger partial charge in [0.1, 0.15) is 5.75 Å². The van der Waals surface area contributed by atoms with Crippen LogP contribution in [0, 0.1) is 6.92 Å². The fourth-order valence-corrected chi connectivity index (χ4v) is 2.03. The van der Waals surface area contributed by atoms with Crippen LogP contribution in [0.4, 0.5) is 5.69 Å². The molecule has 20 heavy (non-hydrogen) atoms. The van der Waals surface area contributed by atoms with Crippen LogP contribution in [0.15, 0.2) is 48.5 Å². The predicted molar refractivity (Wildman–Crippen MR) is 81.1 cm³/mol. The lowest BCUT2D eigenvalue weighted by molar-refractivity contribution is -0.116. The van der Waals surface area contributed by atoms with E-state index in [0.717, 1.165) is 17.7 Å². The maximum Gasteiger partial charge on any atom is 0.224 e. The highest BCUT2D eigenvalue weighted by molar-refractivity contribution is 5.92. The number of benzene rings is 2. The minimum absolute atomic E-state index is 0.00208. The van der Waals surface area contributed by atoms with E-state index in [0.29, 0.717) is 12.2 Å². The number of carbonyl (C=O) groups excluding carboxylic acids is 1. The van der Waals surface area contributed by atoms with E-state index in [2.05, 4.69) is 5.32 Å². The van der Waals surface area contributed by atoms with E-state index in [9.17, 15) is 4.79 Å². The maximum atomic E-state index is 12.0. The summed E-state index contributed by atoms with van der Waals surface area (Å²) < 4.78 is 5.25. The number of amides is 1. The number of aryl methyl sites for hydroxylation is 2. The molecule has 2 rings (SSSR count). The molecule has 0 fully saturated rings. The van der Waals surface area contributed by atoms with E-state index >= 15 is 0 Å². The minimum Gasteiger partial charge on any atom is -0.495 e. The van der Waals surface area contributed by atoms with Gasteiger partial charge in [-0.2, -0.15) is 0 Å². The molecule has 0 atom stereocenters. The highest BCUT2D eigenvalue weighted by atomic mass is 16.5. The van der Waals surface area contributed by atoms with Gasteiger partial charge < -0.3 is 10.1 Å². The molecule has 0 unspecified atom stereocenters. The Kier molecular flexibility index (Phi) is 4.77. The van der Waals surface area contributed by atoms with Crippen molar-refractivity contribution < 1.29 is 9.53 Å². The Morgan fingerprint density at radius 2 is 1.90 bits per heavy atom. The van der Waals surface area contributed by atoms with E-state index in [1.54, 1.807) is 7.11 Å². The van der Waals surface area contributed by atoms with Crippen molar-refractivity contribution in [2.75, 3.05) is 12.4 Å². The molecule has 3 nitrogen and oxygen atoms in total. The largest absolute Gasteiger partial charge is 0.495 e. The van der Waals surface area contributed by atoms with Gasteiger partial charge >= 0.3 is 0 Å². The second-order valence-electron chi connectivity index (χ2n) is 4.74. The molecule has 0 aliphatic rings. The number of anilines is 1. The van der Waals surface area contributed by atoms with Crippen molar-refractivity contribution in [1.82, 2.24) is 0 Å². The summed E-state index contributed by atoms with van der Waals surface area (Å²) in [5.41, 5.74) is 2.98. The van der Waals surface area contributed by atoms with Crippen molar-refractivity contribution in [1.29, 1.82) is 0 Å². The van der Waals surface area contributed by atoms with E-state index in [-0.39, 0.29) is 5.91 Å². The second-order valence-corrected chi connectivity index (χ2v) is 4.74. The van der Waals surface area contributed by atoms with Crippen molar-refractivity contribution in [2.45, 2.75) is 19.8 Å². The first-order chi connectivity index (χ1) is 9.69. The van der Waals surface area contributed by atoms with Gasteiger partial charge in [0.05, 0.1) is 12.8 Å². The zero-order chi connectivity index (χ0) is 14.4. The summed E-state index contributed by atoms with van der Waals surface area (Å²) in [5, 5.41) is 2.91. The van der Waals surface area contributed by atoms with Gasteiger partial charge in [0, 0.05) is 6.42 Å². The van der Waals surface area contributed by atoms with Crippen molar-refractivity contribution in [3.8, 4) is 5.75 Å². The average molecular weight is 269 g/mol. The number of methoxy groups -OCH3 is 1. The second kappa shape index (κ2) is 6.75. The molecular formula is C17H19NO2. The average Bonchev–Trinajstić information content (AvgIpc) is 2.46. The molecule has 0 saturated carbocycles. The molecule has 3 heteroatoms. The lowest BCUT2D eigenvalue weighted by Gasteiger charge is -2.11. The summed E-state index contributed by atoms with van der Waals surface area (Å²) in [6.07, 6.45) is 1.20. The fourth-order valence-electron chi connectivity index (χ4n) is 2.03. The van der Waals surface area contributed by atoms with E-state index < -0.39 is 0 Å². The zero-order valence-electron chi connectivity index (χ0n) is 11.8. The van der Waals surface area contributed by atoms with Gasteiger partial charge in [0.15, 0.2) is 0 Å². The molecule has 0 aliphatic carbocycles. The fraction of sp³-hybridized carbons (Fsp3) is 0.235. The van der Waals surface area contributed by atoms with Gasteiger partial charge in [-0.25, -0.2) is 0 Å². The molecule has 1 amide bonds. The van der Waals surface area contributed by atoms with Gasteiger partial charge in [-0.3, -0.25) is 4.79 Å². The van der Waals surface area contributed by atoms with Crippen LogP contribution in [-0.2, 0) is 11.2 Å². The monoisotopic (exact) mass is 269 g/mol. The SMILES string of the molecule is COc1ccc(C)cc1NC(=O)CCc1ccccc1. The number of hydrogen-bond donors (Lipinski definition) is 1. The third-order valence-electron chi connectivity index (χ3n) is 3.11. The summed E-state index contributed by atoms with van der Waals surface area (Å²) >= 11 is 0. The quantitative estimate of drug-likeness (QED) is 0.901. The summed E-state index contributed by atoms with van der Waals surface area (Å²) in [6.45, 7) is 1.99. The Hall–Kier alpha value is -2.29. The first-order valence-electron chi connectivity index (χ1n) is 6.67. The Labute approximate surface area is 119 Å². The van der Waals surface area contributed by atoms with Crippen molar-refractivity contribution in [3.63, 3.8) is 0 Å². The first kappa shape index (κ1) is 14.1. The lowest BCUT2D eigenvalue weighted by Crippen LogP contribution is -2.13. The highest BCUT2D eigenvalue weighted by Gasteiger charge is 2.08. The Bertz CT molecular complexity index is 579. The van der Waals surface area contributed by atoms with Gasteiger partial charge in [-0.15, -0.1) is 0 Å². The third-order valence-corrected chi connectivity index (χ3v) is 3.11. The van der Waals surface area contributed by atoms with Crippen LogP contribution in [0.1, 0.15) is 17.5 Å². The van der Waals surface area contributed by atoms with Crippen LogP contribution in [0.5, 0.6) is 5.75 Å². The Balaban J connectivity index is 1.96. The zero-order valence-corrected chi connectivity index (χ0v) is 11.8. The predicted octanol–water partition coefficient (Wildman–Crippen LogP) is 3.57. The lowest BCUT2D eigenvalue weighted by atomic mass is 10.1. The smallest absolute Gasteiger partial charge is 0.224 e. The number of ether oxygens (including phenoxy) is 1. The first-order valence-corrected chi connectivity index (χ1v) is 6.67. The van der Waals surface area contributed by atoms with Gasteiger partial charge in [0.2, 0.25) is 5.91 Å². The van der Waals surface area contributed by atoms with Gasteiger partial charge in [-0.05, 0) is 36.6 Å². The van der Waals surface area contributed by atoms with E-state index in [1.807, 2.05) is 55.5 Å². The van der Waals surface area contributed by atoms with Gasteiger partial charge in [-0.1, -0.05) is 36.4 Å². The maximum absolute atomic E-state index is 12.0. The molecule has 0 bridgehead atoms. The molecule has 0 heterocycles. The molecular weight excluding hydrogens is 250 g/mol. The third kappa shape index (κ3) is 3.85. The summed E-state index contributed by atoms with van der Waals surface area (Å²) in [7, 11) is 1.60.